The van der Waals surface area contributed by atoms with Crippen molar-refractivity contribution in [2.75, 3.05) is 0 Å². The molecular weight excluding hydrogens is 236 g/mol. The van der Waals surface area contributed by atoms with Crippen molar-refractivity contribution >= 4 is 21.6 Å². The molecule has 0 aliphatic rings. The van der Waals surface area contributed by atoms with E-state index in [1.165, 1.54) is 6.33 Å². The standard InChI is InChI=1S/C11H10N4OS/c16-8(11-12-6-13-15-11)5-10-14-7-3-1-2-4-9(7)17-10/h1-4,6,8,16H,5H2,(H,12,13,15). The number of hydrogen-bond acceptors (Lipinski definition) is 5. The van der Waals surface area contributed by atoms with Gasteiger partial charge in [-0.05, 0) is 12.1 Å². The van der Waals surface area contributed by atoms with Crippen LogP contribution >= 0.6 is 11.3 Å². The van der Waals surface area contributed by atoms with Crippen molar-refractivity contribution in [3.63, 3.8) is 0 Å². The molecule has 0 fully saturated rings. The van der Waals surface area contributed by atoms with Crippen LogP contribution in [-0.4, -0.2) is 25.3 Å². The lowest BCUT2D eigenvalue weighted by molar-refractivity contribution is 0.168. The topological polar surface area (TPSA) is 74.7 Å². The zero-order valence-electron chi connectivity index (χ0n) is 8.87. The number of benzene rings is 1. The molecule has 17 heavy (non-hydrogen) atoms. The maximum Gasteiger partial charge on any atom is 0.153 e. The summed E-state index contributed by atoms with van der Waals surface area (Å²) in [5.41, 5.74) is 0.970. The highest BCUT2D eigenvalue weighted by Crippen LogP contribution is 2.24. The van der Waals surface area contributed by atoms with Gasteiger partial charge in [0.2, 0.25) is 0 Å². The summed E-state index contributed by atoms with van der Waals surface area (Å²) in [6, 6.07) is 7.93. The van der Waals surface area contributed by atoms with Crippen molar-refractivity contribution in [2.45, 2.75) is 12.5 Å². The van der Waals surface area contributed by atoms with E-state index in [2.05, 4.69) is 20.2 Å². The number of rotatable bonds is 3. The molecule has 3 aromatic rings. The number of H-pyrrole nitrogens is 1. The van der Waals surface area contributed by atoms with Gasteiger partial charge in [-0.15, -0.1) is 11.3 Å². The number of thiazole rings is 1. The van der Waals surface area contributed by atoms with Crippen LogP contribution in [0.3, 0.4) is 0 Å². The van der Waals surface area contributed by atoms with Gasteiger partial charge in [0, 0.05) is 6.42 Å². The van der Waals surface area contributed by atoms with E-state index in [1.54, 1.807) is 11.3 Å². The van der Waals surface area contributed by atoms with E-state index < -0.39 is 6.10 Å². The van der Waals surface area contributed by atoms with Crippen LogP contribution in [0.15, 0.2) is 30.6 Å². The predicted molar refractivity (Wildman–Crippen MR) is 64.7 cm³/mol. The van der Waals surface area contributed by atoms with E-state index in [9.17, 15) is 5.11 Å². The summed E-state index contributed by atoms with van der Waals surface area (Å²) in [4.78, 5) is 8.39. The lowest BCUT2D eigenvalue weighted by Gasteiger charge is -2.03. The van der Waals surface area contributed by atoms with Gasteiger partial charge in [0.15, 0.2) is 5.82 Å². The number of fused-ring (bicyclic) bond motifs is 1. The molecular formula is C11H10N4OS. The number of aromatic nitrogens is 4. The molecule has 0 radical (unpaired) electrons. The van der Waals surface area contributed by atoms with Crippen LogP contribution in [0.4, 0.5) is 0 Å². The average molecular weight is 246 g/mol. The average Bonchev–Trinajstić information content (AvgIpc) is 2.97. The Kier molecular flexibility index (Phi) is 2.58. The van der Waals surface area contributed by atoms with Crippen molar-refractivity contribution in [2.24, 2.45) is 0 Å². The Morgan fingerprint density at radius 3 is 3.00 bits per heavy atom. The van der Waals surface area contributed by atoms with E-state index in [1.807, 2.05) is 24.3 Å². The van der Waals surface area contributed by atoms with Crippen LogP contribution in [-0.2, 0) is 6.42 Å². The Morgan fingerprint density at radius 1 is 1.35 bits per heavy atom. The Hall–Kier alpha value is -1.79. The van der Waals surface area contributed by atoms with Gasteiger partial charge in [-0.2, -0.15) is 5.10 Å². The molecule has 1 aromatic carbocycles. The van der Waals surface area contributed by atoms with E-state index in [4.69, 9.17) is 0 Å². The normalized spacial score (nSPS) is 13.0. The fourth-order valence-electron chi connectivity index (χ4n) is 1.64. The largest absolute Gasteiger partial charge is 0.385 e. The second kappa shape index (κ2) is 4.23. The number of para-hydroxylation sites is 1. The first-order valence-corrected chi connectivity index (χ1v) is 6.02. The van der Waals surface area contributed by atoms with E-state index in [0.29, 0.717) is 12.2 Å². The summed E-state index contributed by atoms with van der Waals surface area (Å²) < 4.78 is 1.13. The number of aliphatic hydroxyl groups excluding tert-OH is 1. The van der Waals surface area contributed by atoms with Gasteiger partial charge in [0.25, 0.3) is 0 Å². The van der Waals surface area contributed by atoms with Crippen LogP contribution in [0.2, 0.25) is 0 Å². The lowest BCUT2D eigenvalue weighted by atomic mass is 10.2. The first-order valence-electron chi connectivity index (χ1n) is 5.21. The molecule has 86 valence electrons. The molecule has 5 nitrogen and oxygen atoms in total. The van der Waals surface area contributed by atoms with Crippen LogP contribution in [0.5, 0.6) is 0 Å². The van der Waals surface area contributed by atoms with Gasteiger partial charge < -0.3 is 5.11 Å². The molecule has 0 amide bonds. The smallest absolute Gasteiger partial charge is 0.153 e. The quantitative estimate of drug-likeness (QED) is 0.737. The minimum atomic E-state index is -0.682. The minimum Gasteiger partial charge on any atom is -0.385 e. The number of aromatic amines is 1. The molecule has 3 rings (SSSR count). The zero-order chi connectivity index (χ0) is 11.7. The number of aliphatic hydroxyl groups is 1. The Labute approximate surface area is 101 Å². The lowest BCUT2D eigenvalue weighted by Crippen LogP contribution is -2.03. The van der Waals surface area contributed by atoms with Crippen LogP contribution in [0.1, 0.15) is 16.9 Å². The number of hydrogen-bond donors (Lipinski definition) is 2. The molecule has 0 aliphatic heterocycles. The Bertz CT molecular complexity index is 586. The maximum absolute atomic E-state index is 9.92. The summed E-state index contributed by atoms with van der Waals surface area (Å²) in [5.74, 6) is 0.476. The highest BCUT2D eigenvalue weighted by molar-refractivity contribution is 7.18. The van der Waals surface area contributed by atoms with Gasteiger partial charge in [-0.1, -0.05) is 12.1 Å². The van der Waals surface area contributed by atoms with Gasteiger partial charge in [0.1, 0.15) is 12.4 Å². The zero-order valence-corrected chi connectivity index (χ0v) is 9.68. The first-order chi connectivity index (χ1) is 8.33. The summed E-state index contributed by atoms with van der Waals surface area (Å²) in [6.07, 6.45) is 1.16. The Morgan fingerprint density at radius 2 is 2.24 bits per heavy atom. The summed E-state index contributed by atoms with van der Waals surface area (Å²) >= 11 is 1.59. The fourth-order valence-corrected chi connectivity index (χ4v) is 2.65. The second-order valence-corrected chi connectivity index (χ2v) is 4.78. The van der Waals surface area contributed by atoms with Gasteiger partial charge in [-0.3, -0.25) is 5.10 Å². The SMILES string of the molecule is OC(Cc1nc2ccccc2s1)c1ncn[nH]1. The predicted octanol–water partition coefficient (Wildman–Crippen LogP) is 1.69. The van der Waals surface area contributed by atoms with Crippen LogP contribution in [0, 0.1) is 0 Å². The van der Waals surface area contributed by atoms with Gasteiger partial charge >= 0.3 is 0 Å². The van der Waals surface area contributed by atoms with Crippen molar-refractivity contribution in [1.82, 2.24) is 20.2 Å². The van der Waals surface area contributed by atoms with Crippen molar-refractivity contribution in [1.29, 1.82) is 0 Å². The van der Waals surface area contributed by atoms with E-state index in [-0.39, 0.29) is 0 Å². The van der Waals surface area contributed by atoms with Gasteiger partial charge in [0.05, 0.1) is 15.2 Å². The number of nitrogens with one attached hydrogen (secondary N) is 1. The van der Waals surface area contributed by atoms with Crippen molar-refractivity contribution < 1.29 is 5.11 Å². The molecule has 2 N–H and O–H groups in total. The van der Waals surface area contributed by atoms with E-state index in [0.717, 1.165) is 15.2 Å². The molecule has 0 spiro atoms. The molecule has 0 aliphatic carbocycles. The molecule has 1 unspecified atom stereocenters. The van der Waals surface area contributed by atoms with Crippen LogP contribution < -0.4 is 0 Å². The highest BCUT2D eigenvalue weighted by Gasteiger charge is 2.14. The van der Waals surface area contributed by atoms with E-state index >= 15 is 0 Å². The molecule has 0 saturated heterocycles. The third-order valence-corrected chi connectivity index (χ3v) is 3.51. The fraction of sp³-hybridized carbons (Fsp3) is 0.182. The molecule has 2 heterocycles. The maximum atomic E-state index is 9.92. The van der Waals surface area contributed by atoms with Crippen molar-refractivity contribution in [3.05, 3.63) is 41.4 Å². The third kappa shape index (κ3) is 2.04. The minimum absolute atomic E-state index is 0.453. The Balaban J connectivity index is 1.85. The molecule has 0 saturated carbocycles. The molecule has 6 heteroatoms. The van der Waals surface area contributed by atoms with Gasteiger partial charge in [-0.25, -0.2) is 9.97 Å². The summed E-state index contributed by atoms with van der Waals surface area (Å²) in [7, 11) is 0. The molecule has 1 atom stereocenters. The monoisotopic (exact) mass is 246 g/mol. The highest BCUT2D eigenvalue weighted by atomic mass is 32.1. The molecule has 2 aromatic heterocycles. The summed E-state index contributed by atoms with van der Waals surface area (Å²) in [5, 5.41) is 17.2. The summed E-state index contributed by atoms with van der Waals surface area (Å²) in [6.45, 7) is 0. The van der Waals surface area contributed by atoms with Crippen LogP contribution in [0.25, 0.3) is 10.2 Å². The second-order valence-electron chi connectivity index (χ2n) is 3.67. The third-order valence-electron chi connectivity index (χ3n) is 2.46. The molecule has 0 bridgehead atoms. The number of nitrogens with zero attached hydrogens (tertiary/aromatic N) is 3. The van der Waals surface area contributed by atoms with Crippen molar-refractivity contribution in [3.8, 4) is 0 Å². The first kappa shape index (κ1) is 10.4.